The van der Waals surface area contributed by atoms with Gasteiger partial charge in [-0.3, -0.25) is 0 Å². The SMILES string of the molecule is CC(C)(N=C=O)PN=C=O. The Balaban J connectivity index is 4.11. The zero-order valence-electron chi connectivity index (χ0n) is 5.71. The van der Waals surface area contributed by atoms with Gasteiger partial charge in [-0.1, -0.05) is 0 Å². The molecule has 0 aromatic rings. The molecule has 0 saturated carbocycles. The molecule has 0 N–H and O–H groups in total. The lowest BCUT2D eigenvalue weighted by Crippen LogP contribution is -2.05. The second-order valence-electron chi connectivity index (χ2n) is 2.08. The van der Waals surface area contributed by atoms with Crippen LogP contribution in [0.15, 0.2) is 9.76 Å². The van der Waals surface area contributed by atoms with E-state index in [1.165, 1.54) is 12.2 Å². The van der Waals surface area contributed by atoms with Gasteiger partial charge in [0.25, 0.3) is 0 Å². The lowest BCUT2D eigenvalue weighted by atomic mass is 10.4. The number of aliphatic imine (C=N–C) groups is 1. The summed E-state index contributed by atoms with van der Waals surface area (Å²) < 4.78 is 3.31. The van der Waals surface area contributed by atoms with Gasteiger partial charge in [0.1, 0.15) is 5.28 Å². The molecule has 1 atom stereocenters. The van der Waals surface area contributed by atoms with Crippen molar-refractivity contribution in [3.8, 4) is 0 Å². The molecule has 0 aliphatic rings. The fourth-order valence-electron chi connectivity index (χ4n) is 0.299. The molecule has 5 heteroatoms. The molecular weight excluding hydrogens is 151 g/mol. The minimum atomic E-state index is -0.598. The van der Waals surface area contributed by atoms with Crippen molar-refractivity contribution in [1.29, 1.82) is 0 Å². The number of rotatable bonds is 3. The minimum Gasteiger partial charge on any atom is -0.211 e. The standard InChI is InChI=1S/C5H7N2O2P/c1-5(2,6-3-8)10-7-4-9/h10H,1-2H3. The molecule has 0 spiro atoms. The molecule has 10 heavy (non-hydrogen) atoms. The van der Waals surface area contributed by atoms with Crippen LogP contribution in [0.2, 0.25) is 0 Å². The van der Waals surface area contributed by atoms with Gasteiger partial charge in [-0.15, -0.1) is 0 Å². The fraction of sp³-hybridized carbons (Fsp3) is 0.600. The summed E-state index contributed by atoms with van der Waals surface area (Å²) in [6.45, 7) is 3.38. The van der Waals surface area contributed by atoms with Gasteiger partial charge in [-0.2, -0.15) is 9.76 Å². The maximum Gasteiger partial charge on any atom is 0.238 e. The largest absolute Gasteiger partial charge is 0.238 e. The molecule has 0 amide bonds. The molecule has 0 heterocycles. The zero-order valence-corrected chi connectivity index (χ0v) is 6.71. The first-order chi connectivity index (χ1) is 4.62. The van der Waals surface area contributed by atoms with Gasteiger partial charge in [-0.05, 0) is 13.8 Å². The molecule has 0 aliphatic heterocycles. The average molecular weight is 158 g/mol. The van der Waals surface area contributed by atoms with E-state index in [1.54, 1.807) is 13.8 Å². The second kappa shape index (κ2) is 4.08. The molecule has 54 valence electrons. The van der Waals surface area contributed by atoms with Crippen LogP contribution in [-0.4, -0.2) is 17.4 Å². The van der Waals surface area contributed by atoms with Crippen LogP contribution in [0.25, 0.3) is 0 Å². The summed E-state index contributed by atoms with van der Waals surface area (Å²) in [5, 5.41) is -0.598. The molecule has 0 bridgehead atoms. The van der Waals surface area contributed by atoms with Crippen molar-refractivity contribution in [3.63, 3.8) is 0 Å². The van der Waals surface area contributed by atoms with Crippen molar-refractivity contribution in [1.82, 2.24) is 0 Å². The van der Waals surface area contributed by atoms with E-state index in [0.29, 0.717) is 0 Å². The van der Waals surface area contributed by atoms with Gasteiger partial charge in [-0.25, -0.2) is 9.59 Å². The summed E-state index contributed by atoms with van der Waals surface area (Å²) in [5.41, 5.74) is 0. The third-order valence-electron chi connectivity index (χ3n) is 0.700. The molecule has 0 aromatic carbocycles. The molecule has 0 aliphatic carbocycles. The molecule has 1 unspecified atom stereocenters. The van der Waals surface area contributed by atoms with Crippen LogP contribution in [0.3, 0.4) is 0 Å². The van der Waals surface area contributed by atoms with E-state index in [-0.39, 0.29) is 8.73 Å². The van der Waals surface area contributed by atoms with Crippen LogP contribution < -0.4 is 0 Å². The van der Waals surface area contributed by atoms with Crippen molar-refractivity contribution in [2.75, 3.05) is 0 Å². The Morgan fingerprint density at radius 1 is 1.30 bits per heavy atom. The van der Waals surface area contributed by atoms with Crippen molar-refractivity contribution in [2.24, 2.45) is 9.76 Å². The van der Waals surface area contributed by atoms with Crippen molar-refractivity contribution < 1.29 is 9.59 Å². The summed E-state index contributed by atoms with van der Waals surface area (Å²) >= 11 is 0. The third kappa shape index (κ3) is 4.11. The highest BCUT2D eigenvalue weighted by Gasteiger charge is 2.14. The normalized spacial score (nSPS) is 10.6. The lowest BCUT2D eigenvalue weighted by molar-refractivity contribution is 0.557. The van der Waals surface area contributed by atoms with Crippen LogP contribution in [0.4, 0.5) is 0 Å². The van der Waals surface area contributed by atoms with Gasteiger partial charge in [0.05, 0.1) is 0 Å². The highest BCUT2D eigenvalue weighted by atomic mass is 31.1. The summed E-state index contributed by atoms with van der Waals surface area (Å²) in [4.78, 5) is 22.8. The van der Waals surface area contributed by atoms with E-state index in [9.17, 15) is 9.59 Å². The molecule has 0 rings (SSSR count). The summed E-state index contributed by atoms with van der Waals surface area (Å²) in [5.74, 6) is 0. The number of isocyanates is 2. The monoisotopic (exact) mass is 158 g/mol. The van der Waals surface area contributed by atoms with Crippen molar-refractivity contribution in [3.05, 3.63) is 0 Å². The predicted octanol–water partition coefficient (Wildman–Crippen LogP) is 0.988. The van der Waals surface area contributed by atoms with Crippen LogP contribution in [0.5, 0.6) is 0 Å². The summed E-state index contributed by atoms with van der Waals surface area (Å²) in [6.07, 6.45) is 2.79. The van der Waals surface area contributed by atoms with E-state index in [1.807, 2.05) is 0 Å². The van der Waals surface area contributed by atoms with Gasteiger partial charge in [0.2, 0.25) is 12.2 Å². The van der Waals surface area contributed by atoms with Gasteiger partial charge in [0.15, 0.2) is 0 Å². The third-order valence-corrected chi connectivity index (χ3v) is 1.56. The van der Waals surface area contributed by atoms with Gasteiger partial charge < -0.3 is 0 Å². The molecule has 0 aromatic heterocycles. The quantitative estimate of drug-likeness (QED) is 0.349. The Labute approximate surface area is 60.3 Å². The zero-order chi connectivity index (χ0) is 8.04. The average Bonchev–Trinajstić information content (AvgIpc) is 1.84. The highest BCUT2D eigenvalue weighted by Crippen LogP contribution is 2.32. The van der Waals surface area contributed by atoms with Crippen LogP contribution >= 0.6 is 8.73 Å². The van der Waals surface area contributed by atoms with E-state index in [2.05, 4.69) is 9.76 Å². The summed E-state index contributed by atoms with van der Waals surface area (Å²) in [7, 11) is -0.0620. The Bertz CT molecular complexity index is 202. The highest BCUT2D eigenvalue weighted by molar-refractivity contribution is 7.38. The first-order valence-electron chi connectivity index (χ1n) is 2.55. The van der Waals surface area contributed by atoms with Crippen molar-refractivity contribution in [2.45, 2.75) is 19.1 Å². The topological polar surface area (TPSA) is 58.9 Å². The van der Waals surface area contributed by atoms with Crippen LogP contribution in [0.1, 0.15) is 13.8 Å². The van der Waals surface area contributed by atoms with Gasteiger partial charge >= 0.3 is 0 Å². The van der Waals surface area contributed by atoms with Crippen LogP contribution in [-0.2, 0) is 9.59 Å². The van der Waals surface area contributed by atoms with Crippen molar-refractivity contribution >= 4 is 20.9 Å². The van der Waals surface area contributed by atoms with Gasteiger partial charge in [0, 0.05) is 8.73 Å². The second-order valence-corrected chi connectivity index (χ2v) is 3.75. The fourth-order valence-corrected chi connectivity index (χ4v) is 0.714. The Morgan fingerprint density at radius 3 is 2.30 bits per heavy atom. The molecule has 4 nitrogen and oxygen atoms in total. The number of hydrogen-bond acceptors (Lipinski definition) is 4. The number of carbonyl (C=O) groups excluding carboxylic acids is 2. The van der Waals surface area contributed by atoms with E-state index in [4.69, 9.17) is 0 Å². The molecule has 0 fully saturated rings. The van der Waals surface area contributed by atoms with E-state index < -0.39 is 5.28 Å². The molecule has 0 saturated heterocycles. The maximum atomic E-state index is 9.76. The Morgan fingerprint density at radius 2 is 1.90 bits per heavy atom. The van der Waals surface area contributed by atoms with Crippen LogP contribution in [0, 0.1) is 0 Å². The minimum absolute atomic E-state index is 0.0620. The molecular formula is C5H7N2O2P. The first kappa shape index (κ1) is 9.19. The lowest BCUT2D eigenvalue weighted by Gasteiger charge is -2.10. The van der Waals surface area contributed by atoms with E-state index >= 15 is 0 Å². The smallest absolute Gasteiger partial charge is 0.211 e. The Hall–Kier alpha value is -0.810. The predicted molar refractivity (Wildman–Crippen MR) is 38.6 cm³/mol. The summed E-state index contributed by atoms with van der Waals surface area (Å²) in [6, 6.07) is 0. The maximum absolute atomic E-state index is 9.76. The molecule has 0 radical (unpaired) electrons. The number of nitrogens with zero attached hydrogens (tertiary/aromatic N) is 2. The first-order valence-corrected chi connectivity index (χ1v) is 3.50. The van der Waals surface area contributed by atoms with E-state index in [0.717, 1.165) is 0 Å². The number of hydrogen-bond donors (Lipinski definition) is 0. The Kier molecular flexibility index (Phi) is 3.75.